The van der Waals surface area contributed by atoms with Crippen LogP contribution < -0.4 is 5.32 Å². The van der Waals surface area contributed by atoms with E-state index in [2.05, 4.69) is 15.5 Å². The van der Waals surface area contributed by atoms with Crippen molar-refractivity contribution >= 4 is 11.6 Å². The van der Waals surface area contributed by atoms with E-state index in [1.165, 1.54) is 0 Å². The van der Waals surface area contributed by atoms with E-state index in [0.29, 0.717) is 24.9 Å². The maximum atomic E-state index is 11.9. The quantitative estimate of drug-likeness (QED) is 0.866. The van der Waals surface area contributed by atoms with Gasteiger partial charge in [0.2, 0.25) is 5.91 Å². The molecular weight excluding hydrogens is 256 g/mol. The van der Waals surface area contributed by atoms with Gasteiger partial charge in [-0.25, -0.2) is 0 Å². The maximum Gasteiger partial charge on any atom is 0.249 e. The highest BCUT2D eigenvalue weighted by molar-refractivity contribution is 5.80. The molecule has 0 spiro atoms. The fraction of sp³-hybridized carbons (Fsp3) is 0.500. The largest absolute Gasteiger partial charge is 0.368 e. The standard InChI is InChI=1S/C14H20N4O2/c1-10(2)9-20-11(3)14(19)15-8-13-17-16-12-6-4-5-7-18(12)13/h4-7,10-11H,8-9H2,1-3H3,(H,15,19)/t11-/m0/s1. The summed E-state index contributed by atoms with van der Waals surface area (Å²) in [5.74, 6) is 0.967. The van der Waals surface area contributed by atoms with Gasteiger partial charge in [0, 0.05) is 12.8 Å². The molecule has 0 bridgehead atoms. The van der Waals surface area contributed by atoms with Crippen LogP contribution in [0.4, 0.5) is 0 Å². The van der Waals surface area contributed by atoms with E-state index >= 15 is 0 Å². The number of nitrogens with one attached hydrogen (secondary N) is 1. The van der Waals surface area contributed by atoms with Crippen LogP contribution in [0.1, 0.15) is 26.6 Å². The first-order valence-corrected chi connectivity index (χ1v) is 6.76. The zero-order chi connectivity index (χ0) is 14.5. The van der Waals surface area contributed by atoms with Gasteiger partial charge < -0.3 is 10.1 Å². The molecule has 2 rings (SSSR count). The zero-order valence-corrected chi connectivity index (χ0v) is 12.0. The maximum absolute atomic E-state index is 11.9. The number of nitrogens with zero attached hydrogens (tertiary/aromatic N) is 3. The van der Waals surface area contributed by atoms with E-state index in [-0.39, 0.29) is 5.91 Å². The summed E-state index contributed by atoms with van der Waals surface area (Å²) in [4.78, 5) is 11.9. The molecule has 0 saturated carbocycles. The Balaban J connectivity index is 1.90. The molecule has 0 aliphatic heterocycles. The van der Waals surface area contributed by atoms with Gasteiger partial charge in [-0.1, -0.05) is 19.9 Å². The van der Waals surface area contributed by atoms with Gasteiger partial charge in [0.25, 0.3) is 0 Å². The summed E-state index contributed by atoms with van der Waals surface area (Å²) in [5.41, 5.74) is 0.765. The first-order valence-electron chi connectivity index (χ1n) is 6.76. The summed E-state index contributed by atoms with van der Waals surface area (Å²) >= 11 is 0. The number of pyridine rings is 1. The van der Waals surface area contributed by atoms with Crippen LogP contribution in [0.5, 0.6) is 0 Å². The second kappa shape index (κ2) is 6.47. The Morgan fingerprint density at radius 2 is 2.15 bits per heavy atom. The van der Waals surface area contributed by atoms with Crippen LogP contribution in [0, 0.1) is 5.92 Å². The number of fused-ring (bicyclic) bond motifs is 1. The summed E-state index contributed by atoms with van der Waals surface area (Å²) < 4.78 is 7.31. The minimum absolute atomic E-state index is 0.140. The second-order valence-electron chi connectivity index (χ2n) is 5.13. The Morgan fingerprint density at radius 3 is 2.90 bits per heavy atom. The van der Waals surface area contributed by atoms with Crippen LogP contribution in [-0.2, 0) is 16.1 Å². The van der Waals surface area contributed by atoms with Gasteiger partial charge in [-0.3, -0.25) is 9.20 Å². The van der Waals surface area contributed by atoms with Crippen LogP contribution >= 0.6 is 0 Å². The van der Waals surface area contributed by atoms with E-state index < -0.39 is 6.10 Å². The molecule has 108 valence electrons. The van der Waals surface area contributed by atoms with Gasteiger partial charge in [-0.2, -0.15) is 0 Å². The summed E-state index contributed by atoms with van der Waals surface area (Å²) in [7, 11) is 0. The van der Waals surface area contributed by atoms with Crippen LogP contribution in [-0.4, -0.2) is 33.2 Å². The number of hydrogen-bond acceptors (Lipinski definition) is 4. The molecule has 0 aliphatic carbocycles. The highest BCUT2D eigenvalue weighted by atomic mass is 16.5. The second-order valence-corrected chi connectivity index (χ2v) is 5.13. The van der Waals surface area contributed by atoms with E-state index in [4.69, 9.17) is 4.74 Å². The average Bonchev–Trinajstić information content (AvgIpc) is 2.85. The lowest BCUT2D eigenvalue weighted by Crippen LogP contribution is -2.35. The Labute approximate surface area is 118 Å². The molecule has 0 saturated heterocycles. The van der Waals surface area contributed by atoms with Gasteiger partial charge in [-0.15, -0.1) is 10.2 Å². The molecule has 0 aromatic carbocycles. The molecule has 1 atom stereocenters. The first-order chi connectivity index (χ1) is 9.58. The lowest BCUT2D eigenvalue weighted by molar-refractivity contribution is -0.132. The Bertz CT molecular complexity index is 579. The number of amides is 1. The van der Waals surface area contributed by atoms with Gasteiger partial charge in [0.15, 0.2) is 11.5 Å². The van der Waals surface area contributed by atoms with E-state index in [0.717, 1.165) is 5.65 Å². The third kappa shape index (κ3) is 3.54. The summed E-state index contributed by atoms with van der Waals surface area (Å²) in [6.07, 6.45) is 1.41. The van der Waals surface area contributed by atoms with Crippen molar-refractivity contribution in [3.05, 3.63) is 30.2 Å². The molecule has 20 heavy (non-hydrogen) atoms. The minimum Gasteiger partial charge on any atom is -0.368 e. The number of carbonyl (C=O) groups is 1. The predicted octanol–water partition coefficient (Wildman–Crippen LogP) is 1.41. The number of ether oxygens (including phenoxy) is 1. The van der Waals surface area contributed by atoms with Crippen LogP contribution in [0.2, 0.25) is 0 Å². The highest BCUT2D eigenvalue weighted by Gasteiger charge is 2.14. The van der Waals surface area contributed by atoms with Crippen molar-refractivity contribution in [3.63, 3.8) is 0 Å². The number of rotatable bonds is 6. The number of carbonyl (C=O) groups excluding carboxylic acids is 1. The Morgan fingerprint density at radius 1 is 1.35 bits per heavy atom. The molecule has 0 fully saturated rings. The van der Waals surface area contributed by atoms with Gasteiger partial charge in [-0.05, 0) is 25.0 Å². The van der Waals surface area contributed by atoms with Crippen LogP contribution in [0.25, 0.3) is 5.65 Å². The summed E-state index contributed by atoms with van der Waals surface area (Å²) in [6, 6.07) is 5.66. The van der Waals surface area contributed by atoms with Crippen LogP contribution in [0.3, 0.4) is 0 Å². The smallest absolute Gasteiger partial charge is 0.249 e. The SMILES string of the molecule is CC(C)CO[C@@H](C)C(=O)NCc1nnc2ccccn12. The molecule has 2 aromatic heterocycles. The Kier molecular flexibility index (Phi) is 4.68. The molecule has 1 N–H and O–H groups in total. The lowest BCUT2D eigenvalue weighted by atomic mass is 10.2. The van der Waals surface area contributed by atoms with Crippen molar-refractivity contribution < 1.29 is 9.53 Å². The van der Waals surface area contributed by atoms with Gasteiger partial charge in [0.05, 0.1) is 6.54 Å². The first kappa shape index (κ1) is 14.5. The molecule has 6 heteroatoms. The molecule has 0 unspecified atom stereocenters. The molecular formula is C14H20N4O2. The van der Waals surface area contributed by atoms with Crippen molar-refractivity contribution in [1.29, 1.82) is 0 Å². The van der Waals surface area contributed by atoms with Crippen molar-refractivity contribution in [2.24, 2.45) is 5.92 Å². The van der Waals surface area contributed by atoms with Gasteiger partial charge >= 0.3 is 0 Å². The average molecular weight is 276 g/mol. The third-order valence-electron chi connectivity index (χ3n) is 2.85. The zero-order valence-electron chi connectivity index (χ0n) is 12.0. The minimum atomic E-state index is -0.461. The van der Waals surface area contributed by atoms with Crippen LogP contribution in [0.15, 0.2) is 24.4 Å². The van der Waals surface area contributed by atoms with Gasteiger partial charge in [0.1, 0.15) is 6.10 Å². The van der Waals surface area contributed by atoms with E-state index in [9.17, 15) is 4.79 Å². The molecule has 6 nitrogen and oxygen atoms in total. The molecule has 2 heterocycles. The molecule has 2 aromatic rings. The Hall–Kier alpha value is -1.95. The van der Waals surface area contributed by atoms with Crippen molar-refractivity contribution in [3.8, 4) is 0 Å². The normalized spacial score (nSPS) is 12.8. The van der Waals surface area contributed by atoms with Crippen molar-refractivity contribution in [1.82, 2.24) is 19.9 Å². The van der Waals surface area contributed by atoms with E-state index in [1.54, 1.807) is 6.92 Å². The predicted molar refractivity (Wildman–Crippen MR) is 75.1 cm³/mol. The van der Waals surface area contributed by atoms with Crippen molar-refractivity contribution in [2.45, 2.75) is 33.4 Å². The molecule has 0 radical (unpaired) electrons. The lowest BCUT2D eigenvalue weighted by Gasteiger charge is -2.14. The highest BCUT2D eigenvalue weighted by Crippen LogP contribution is 2.03. The van der Waals surface area contributed by atoms with E-state index in [1.807, 2.05) is 42.6 Å². The summed E-state index contributed by atoms with van der Waals surface area (Å²) in [5, 5.41) is 10.9. The number of aromatic nitrogens is 3. The molecule has 0 aliphatic rings. The molecule has 1 amide bonds. The fourth-order valence-electron chi connectivity index (χ4n) is 1.73. The summed E-state index contributed by atoms with van der Waals surface area (Å²) in [6.45, 7) is 6.75. The third-order valence-corrected chi connectivity index (χ3v) is 2.85. The monoisotopic (exact) mass is 276 g/mol. The topological polar surface area (TPSA) is 68.5 Å². The fourth-order valence-corrected chi connectivity index (χ4v) is 1.73. The number of hydrogen-bond donors (Lipinski definition) is 1. The van der Waals surface area contributed by atoms with Crippen molar-refractivity contribution in [2.75, 3.05) is 6.61 Å².